The van der Waals surface area contributed by atoms with E-state index in [0.29, 0.717) is 24.2 Å². The lowest BCUT2D eigenvalue weighted by Crippen LogP contribution is -2.41. The van der Waals surface area contributed by atoms with Gasteiger partial charge < -0.3 is 14.1 Å². The largest absolute Gasteiger partial charge is 0.420 e. The van der Waals surface area contributed by atoms with Crippen LogP contribution in [0.25, 0.3) is 11.1 Å². The van der Waals surface area contributed by atoms with Crippen molar-refractivity contribution in [2.75, 3.05) is 19.7 Å². The molecule has 7 nitrogen and oxygen atoms in total. The van der Waals surface area contributed by atoms with Crippen LogP contribution in [-0.4, -0.2) is 46.2 Å². The molecule has 1 aliphatic heterocycles. The summed E-state index contributed by atoms with van der Waals surface area (Å²) in [5.41, 5.74) is 2.24. The Morgan fingerprint density at radius 3 is 2.82 bits per heavy atom. The van der Waals surface area contributed by atoms with Crippen molar-refractivity contribution in [3.05, 3.63) is 64.9 Å². The van der Waals surface area contributed by atoms with Gasteiger partial charge >= 0.3 is 5.76 Å². The summed E-state index contributed by atoms with van der Waals surface area (Å²) in [6.07, 6.45) is 6.25. The van der Waals surface area contributed by atoms with Crippen molar-refractivity contribution in [3.8, 4) is 0 Å². The lowest BCUT2D eigenvalue weighted by atomic mass is 10.1. The lowest BCUT2D eigenvalue weighted by Gasteiger charge is -2.25. The lowest BCUT2D eigenvalue weighted by molar-refractivity contribution is -0.133. The standard InChI is InChI=1S/C21H23N3O4/c25-20(15-24-18-5-1-2-6-19(18)28-21(24)26)23(14-17-4-3-13-27-17)12-9-16-7-10-22-11-8-16/h1-2,5-8,10-11,17H,3-4,9,12-15H2. The fraction of sp³-hybridized carbons (Fsp3) is 0.381. The number of aromatic nitrogens is 2. The van der Waals surface area contributed by atoms with E-state index in [-0.39, 0.29) is 18.6 Å². The second-order valence-corrected chi connectivity index (χ2v) is 7.00. The Morgan fingerprint density at radius 2 is 2.04 bits per heavy atom. The molecule has 0 saturated carbocycles. The minimum Gasteiger partial charge on any atom is -0.408 e. The molecule has 0 spiro atoms. The highest BCUT2D eigenvalue weighted by atomic mass is 16.5. The fourth-order valence-corrected chi connectivity index (χ4v) is 3.56. The number of para-hydroxylation sites is 2. The topological polar surface area (TPSA) is 77.6 Å². The van der Waals surface area contributed by atoms with E-state index in [1.165, 1.54) is 4.57 Å². The first-order chi connectivity index (χ1) is 13.7. The molecule has 2 aromatic heterocycles. The smallest absolute Gasteiger partial charge is 0.408 e. The molecule has 1 aliphatic rings. The Labute approximate surface area is 162 Å². The third-order valence-corrected chi connectivity index (χ3v) is 5.09. The molecule has 146 valence electrons. The van der Waals surface area contributed by atoms with Crippen molar-refractivity contribution in [1.29, 1.82) is 0 Å². The molecule has 28 heavy (non-hydrogen) atoms. The molecular formula is C21H23N3O4. The third kappa shape index (κ3) is 4.14. The number of carbonyl (C=O) groups excluding carboxylic acids is 1. The van der Waals surface area contributed by atoms with Crippen LogP contribution in [0.4, 0.5) is 0 Å². The van der Waals surface area contributed by atoms with E-state index in [1.54, 1.807) is 35.5 Å². The molecule has 0 N–H and O–H groups in total. The molecule has 1 saturated heterocycles. The third-order valence-electron chi connectivity index (χ3n) is 5.09. The van der Waals surface area contributed by atoms with Crippen LogP contribution in [0, 0.1) is 0 Å². The maximum atomic E-state index is 13.1. The van der Waals surface area contributed by atoms with Crippen molar-refractivity contribution in [3.63, 3.8) is 0 Å². The number of hydrogen-bond donors (Lipinski definition) is 0. The summed E-state index contributed by atoms with van der Waals surface area (Å²) in [5, 5.41) is 0. The molecule has 3 heterocycles. The van der Waals surface area contributed by atoms with Gasteiger partial charge in [-0.05, 0) is 49.1 Å². The summed E-state index contributed by atoms with van der Waals surface area (Å²) in [6, 6.07) is 11.0. The van der Waals surface area contributed by atoms with Crippen LogP contribution in [0.3, 0.4) is 0 Å². The van der Waals surface area contributed by atoms with Crippen LogP contribution >= 0.6 is 0 Å². The number of oxazole rings is 1. The highest BCUT2D eigenvalue weighted by Gasteiger charge is 2.24. The molecule has 0 radical (unpaired) electrons. The Balaban J connectivity index is 1.51. The van der Waals surface area contributed by atoms with Crippen LogP contribution in [-0.2, 0) is 22.5 Å². The number of benzene rings is 1. The van der Waals surface area contributed by atoms with Gasteiger partial charge in [0.1, 0.15) is 6.54 Å². The van der Waals surface area contributed by atoms with Crippen molar-refractivity contribution in [2.24, 2.45) is 0 Å². The van der Waals surface area contributed by atoms with Crippen LogP contribution < -0.4 is 5.76 Å². The summed E-state index contributed by atoms with van der Waals surface area (Å²) in [4.78, 5) is 31.1. The predicted molar refractivity (Wildman–Crippen MR) is 104 cm³/mol. The summed E-state index contributed by atoms with van der Waals surface area (Å²) in [5.74, 6) is -0.626. The van der Waals surface area contributed by atoms with Crippen LogP contribution in [0.2, 0.25) is 0 Å². The average Bonchev–Trinajstić information content (AvgIpc) is 3.34. The molecule has 1 fully saturated rings. The number of amides is 1. The van der Waals surface area contributed by atoms with Crippen LogP contribution in [0.15, 0.2) is 58.0 Å². The number of hydrogen-bond acceptors (Lipinski definition) is 5. The van der Waals surface area contributed by atoms with Crippen LogP contribution in [0.1, 0.15) is 18.4 Å². The highest BCUT2D eigenvalue weighted by Crippen LogP contribution is 2.16. The molecule has 1 unspecified atom stereocenters. The molecule has 1 aromatic carbocycles. The van der Waals surface area contributed by atoms with Gasteiger partial charge in [-0.15, -0.1) is 0 Å². The molecule has 3 aromatic rings. The molecule has 1 amide bonds. The number of carbonyl (C=O) groups is 1. The Morgan fingerprint density at radius 1 is 1.21 bits per heavy atom. The van der Waals surface area contributed by atoms with Gasteiger partial charge in [0.2, 0.25) is 5.91 Å². The van der Waals surface area contributed by atoms with Crippen molar-refractivity contribution in [2.45, 2.75) is 31.9 Å². The number of pyridine rings is 1. The van der Waals surface area contributed by atoms with E-state index in [0.717, 1.165) is 31.4 Å². The average molecular weight is 381 g/mol. The van der Waals surface area contributed by atoms with Gasteiger partial charge in [-0.25, -0.2) is 4.79 Å². The van der Waals surface area contributed by atoms with Gasteiger partial charge in [0.05, 0.1) is 11.6 Å². The van der Waals surface area contributed by atoms with Crippen molar-refractivity contribution < 1.29 is 13.9 Å². The van der Waals surface area contributed by atoms with E-state index in [1.807, 2.05) is 18.2 Å². The number of ether oxygens (including phenoxy) is 1. The summed E-state index contributed by atoms with van der Waals surface area (Å²) >= 11 is 0. The van der Waals surface area contributed by atoms with Gasteiger partial charge in [0.15, 0.2) is 5.58 Å². The van der Waals surface area contributed by atoms with E-state index in [4.69, 9.17) is 9.15 Å². The highest BCUT2D eigenvalue weighted by molar-refractivity contribution is 5.79. The zero-order valence-corrected chi connectivity index (χ0v) is 15.6. The molecule has 4 rings (SSSR count). The van der Waals surface area contributed by atoms with Gasteiger partial charge in [-0.3, -0.25) is 14.3 Å². The zero-order chi connectivity index (χ0) is 19.3. The summed E-state index contributed by atoms with van der Waals surface area (Å²) in [7, 11) is 0. The van der Waals surface area contributed by atoms with Gasteiger partial charge in [0, 0.05) is 32.1 Å². The van der Waals surface area contributed by atoms with Gasteiger partial charge in [0.25, 0.3) is 0 Å². The SMILES string of the molecule is O=C(Cn1c(=O)oc2ccccc21)N(CCc1ccncc1)CC1CCCO1. The second-order valence-electron chi connectivity index (χ2n) is 7.00. The zero-order valence-electron chi connectivity index (χ0n) is 15.6. The summed E-state index contributed by atoms with van der Waals surface area (Å²) in [6.45, 7) is 1.80. The van der Waals surface area contributed by atoms with Gasteiger partial charge in [-0.1, -0.05) is 12.1 Å². The molecule has 0 aliphatic carbocycles. The first-order valence-electron chi connectivity index (χ1n) is 9.57. The molecule has 7 heteroatoms. The maximum absolute atomic E-state index is 13.1. The molecule has 0 bridgehead atoms. The van der Waals surface area contributed by atoms with E-state index in [9.17, 15) is 9.59 Å². The number of rotatable bonds is 7. The molecule has 1 atom stereocenters. The summed E-state index contributed by atoms with van der Waals surface area (Å²) < 4.78 is 12.4. The minimum absolute atomic E-state index is 0.0427. The number of fused-ring (bicyclic) bond motifs is 1. The van der Waals surface area contributed by atoms with Crippen molar-refractivity contribution in [1.82, 2.24) is 14.5 Å². The Bertz CT molecular complexity index is 990. The van der Waals surface area contributed by atoms with E-state index < -0.39 is 5.76 Å². The predicted octanol–water partition coefficient (Wildman–Crippen LogP) is 2.24. The normalized spacial score (nSPS) is 16.5. The van der Waals surface area contributed by atoms with Gasteiger partial charge in [-0.2, -0.15) is 0 Å². The second kappa shape index (κ2) is 8.39. The first kappa shape index (κ1) is 18.4. The quantitative estimate of drug-likeness (QED) is 0.627. The minimum atomic E-state index is -0.513. The van der Waals surface area contributed by atoms with E-state index in [2.05, 4.69) is 4.98 Å². The number of nitrogens with zero attached hydrogens (tertiary/aromatic N) is 3. The van der Waals surface area contributed by atoms with E-state index >= 15 is 0 Å². The Hall–Kier alpha value is -2.93. The van der Waals surface area contributed by atoms with Crippen molar-refractivity contribution >= 4 is 17.0 Å². The molecular weight excluding hydrogens is 358 g/mol. The first-order valence-corrected chi connectivity index (χ1v) is 9.57. The fourth-order valence-electron chi connectivity index (χ4n) is 3.56. The Kier molecular flexibility index (Phi) is 5.53. The maximum Gasteiger partial charge on any atom is 0.420 e. The monoisotopic (exact) mass is 381 g/mol. The van der Waals surface area contributed by atoms with Crippen LogP contribution in [0.5, 0.6) is 0 Å².